The van der Waals surface area contributed by atoms with Crippen LogP contribution < -0.4 is 0 Å². The van der Waals surface area contributed by atoms with Gasteiger partial charge in [-0.15, -0.1) is 0 Å². The molecule has 21 heavy (non-hydrogen) atoms. The van der Waals surface area contributed by atoms with Crippen LogP contribution in [-0.4, -0.2) is 9.97 Å². The molecule has 2 aromatic heterocycles. The molecule has 0 saturated carbocycles. The Bertz CT molecular complexity index is 427. The third-order valence-electron chi connectivity index (χ3n) is 2.76. The summed E-state index contributed by atoms with van der Waals surface area (Å²) in [5, 5.41) is 0. The fourth-order valence-corrected chi connectivity index (χ4v) is 1.42. The van der Waals surface area contributed by atoms with Crippen molar-refractivity contribution >= 4 is 20.2 Å². The molecule has 0 radical (unpaired) electrons. The van der Waals surface area contributed by atoms with Crippen molar-refractivity contribution in [3.63, 3.8) is 0 Å². The molecule has 2 heterocycles. The van der Waals surface area contributed by atoms with Gasteiger partial charge in [-0.3, -0.25) is 9.97 Å². The minimum atomic E-state index is 0.757. The minimum absolute atomic E-state index is 0.757. The second-order valence-electron chi connectivity index (χ2n) is 4.37. The number of hydrogen-bond donors (Lipinski definition) is 0. The molecule has 0 saturated heterocycles. The van der Waals surface area contributed by atoms with E-state index in [1.807, 2.05) is 38.4 Å². The molecular weight excluding hydrogens is 355 g/mol. The molecular formula is C16H22Cl2CuN2. The monoisotopic (exact) mass is 375 g/mol. The maximum atomic E-state index is 4.67. The SMILES string of the molecule is CCc1ccc(C)nc1.CCc1ccc(C)nc1.[Cl][Cu][Cl]. The first kappa shape index (κ1) is 20.4. The van der Waals surface area contributed by atoms with Gasteiger partial charge in [0.05, 0.1) is 0 Å². The van der Waals surface area contributed by atoms with E-state index in [-0.39, 0.29) is 0 Å². The third-order valence-corrected chi connectivity index (χ3v) is 2.76. The Labute approximate surface area is 142 Å². The van der Waals surface area contributed by atoms with Crippen molar-refractivity contribution in [3.8, 4) is 0 Å². The average Bonchev–Trinajstić information content (AvgIpc) is 2.50. The number of aryl methyl sites for hydroxylation is 4. The van der Waals surface area contributed by atoms with Crippen LogP contribution in [-0.2, 0) is 26.0 Å². The molecule has 0 atom stereocenters. The van der Waals surface area contributed by atoms with Crippen molar-refractivity contribution in [1.29, 1.82) is 0 Å². The van der Waals surface area contributed by atoms with E-state index in [1.54, 1.807) is 0 Å². The van der Waals surface area contributed by atoms with Gasteiger partial charge < -0.3 is 0 Å². The number of pyridine rings is 2. The first-order chi connectivity index (χ1) is 10.1. The summed E-state index contributed by atoms with van der Waals surface area (Å²) in [6, 6.07) is 8.31. The summed E-state index contributed by atoms with van der Waals surface area (Å²) in [6.45, 7) is 8.26. The molecule has 0 unspecified atom stereocenters. The summed E-state index contributed by atoms with van der Waals surface area (Å²) in [5.41, 5.74) is 4.79. The summed E-state index contributed by atoms with van der Waals surface area (Å²) < 4.78 is 0. The zero-order chi connectivity index (χ0) is 16.1. The number of nitrogens with zero attached hydrogens (tertiary/aromatic N) is 2. The molecule has 0 bridgehead atoms. The Kier molecular flexibility index (Phi) is 12.7. The summed E-state index contributed by atoms with van der Waals surface area (Å²) in [5.74, 6) is 0. The molecule has 0 N–H and O–H groups in total. The van der Waals surface area contributed by atoms with Crippen molar-refractivity contribution in [3.05, 3.63) is 59.2 Å². The fourth-order valence-electron chi connectivity index (χ4n) is 1.42. The molecule has 5 heteroatoms. The molecule has 2 aromatic rings. The standard InChI is InChI=1S/2C8H11N.2ClH.Cu/c2*1-3-8-5-4-7(2)9-6-8;;;/h2*4-6H,3H2,1-2H3;2*1H;/q;;;;+2/p-2. The number of hydrogen-bond acceptors (Lipinski definition) is 2. The molecule has 0 fully saturated rings. The van der Waals surface area contributed by atoms with Gasteiger partial charge in [-0.25, -0.2) is 0 Å². The van der Waals surface area contributed by atoms with Crippen molar-refractivity contribution < 1.29 is 13.1 Å². The Morgan fingerprint density at radius 3 is 1.33 bits per heavy atom. The fraction of sp³-hybridized carbons (Fsp3) is 0.375. The van der Waals surface area contributed by atoms with E-state index in [0.717, 1.165) is 37.4 Å². The number of halogens is 2. The zero-order valence-corrected chi connectivity index (χ0v) is 15.3. The zero-order valence-electron chi connectivity index (χ0n) is 12.8. The van der Waals surface area contributed by atoms with Crippen LogP contribution in [0.4, 0.5) is 0 Å². The van der Waals surface area contributed by atoms with Crippen LogP contribution in [0.15, 0.2) is 36.7 Å². The van der Waals surface area contributed by atoms with Crippen LogP contribution in [0.2, 0.25) is 0 Å². The van der Waals surface area contributed by atoms with Crippen LogP contribution in [0.25, 0.3) is 0 Å². The molecule has 0 amide bonds. The Balaban J connectivity index is 0.000000322. The molecule has 0 aliphatic rings. The summed E-state index contributed by atoms with van der Waals surface area (Å²) >= 11 is 0.757. The van der Waals surface area contributed by atoms with E-state index < -0.39 is 0 Å². The van der Waals surface area contributed by atoms with Gasteiger partial charge in [-0.05, 0) is 49.9 Å². The van der Waals surface area contributed by atoms with Gasteiger partial charge in [0.15, 0.2) is 0 Å². The third kappa shape index (κ3) is 10.7. The summed E-state index contributed by atoms with van der Waals surface area (Å²) in [6.07, 6.45) is 6.01. The van der Waals surface area contributed by atoms with Crippen LogP contribution >= 0.6 is 20.2 Å². The van der Waals surface area contributed by atoms with Gasteiger partial charge in [-0.1, -0.05) is 26.0 Å². The van der Waals surface area contributed by atoms with Gasteiger partial charge in [-0.2, -0.15) is 0 Å². The molecule has 2 rings (SSSR count). The topological polar surface area (TPSA) is 25.8 Å². The first-order valence-electron chi connectivity index (χ1n) is 6.71. The van der Waals surface area contributed by atoms with E-state index in [1.165, 1.54) is 11.1 Å². The first-order valence-corrected chi connectivity index (χ1v) is 9.30. The van der Waals surface area contributed by atoms with Gasteiger partial charge in [0.1, 0.15) is 0 Å². The van der Waals surface area contributed by atoms with Crippen molar-refractivity contribution in [2.24, 2.45) is 0 Å². The molecule has 0 aliphatic heterocycles. The van der Waals surface area contributed by atoms with E-state index in [4.69, 9.17) is 0 Å². The van der Waals surface area contributed by atoms with E-state index in [0.29, 0.717) is 0 Å². The maximum absolute atomic E-state index is 4.67. The Morgan fingerprint density at radius 1 is 0.810 bits per heavy atom. The summed E-state index contributed by atoms with van der Waals surface area (Å²) in [4.78, 5) is 8.30. The molecule has 121 valence electrons. The Hall–Kier alpha value is -0.601. The van der Waals surface area contributed by atoms with Crippen molar-refractivity contribution in [2.45, 2.75) is 40.5 Å². The predicted molar refractivity (Wildman–Crippen MR) is 88.4 cm³/mol. The van der Waals surface area contributed by atoms with E-state index in [9.17, 15) is 0 Å². The van der Waals surface area contributed by atoms with E-state index >= 15 is 0 Å². The second kappa shape index (κ2) is 13.1. The molecule has 0 aromatic carbocycles. The van der Waals surface area contributed by atoms with Gasteiger partial charge in [0.25, 0.3) is 0 Å². The van der Waals surface area contributed by atoms with Gasteiger partial charge in [0.2, 0.25) is 0 Å². The van der Waals surface area contributed by atoms with Crippen LogP contribution in [0.1, 0.15) is 36.4 Å². The van der Waals surface area contributed by atoms with Gasteiger partial charge >= 0.3 is 33.3 Å². The van der Waals surface area contributed by atoms with Crippen LogP contribution in [0.5, 0.6) is 0 Å². The van der Waals surface area contributed by atoms with Crippen molar-refractivity contribution in [1.82, 2.24) is 9.97 Å². The van der Waals surface area contributed by atoms with Crippen LogP contribution in [0.3, 0.4) is 0 Å². The van der Waals surface area contributed by atoms with E-state index in [2.05, 4.69) is 56.1 Å². The summed E-state index contributed by atoms with van der Waals surface area (Å²) in [7, 11) is 9.34. The molecule has 0 aliphatic carbocycles. The second-order valence-corrected chi connectivity index (χ2v) is 5.92. The number of aromatic nitrogens is 2. The predicted octanol–water partition coefficient (Wildman–Crippen LogP) is 5.28. The molecule has 0 spiro atoms. The van der Waals surface area contributed by atoms with Gasteiger partial charge in [0, 0.05) is 23.8 Å². The number of rotatable bonds is 2. The average molecular weight is 377 g/mol. The Morgan fingerprint density at radius 2 is 1.14 bits per heavy atom. The van der Waals surface area contributed by atoms with Crippen molar-refractivity contribution in [2.75, 3.05) is 0 Å². The normalized spacial score (nSPS) is 9.24. The van der Waals surface area contributed by atoms with Crippen LogP contribution in [0, 0.1) is 13.8 Å². The quantitative estimate of drug-likeness (QED) is 0.666. The molecule has 2 nitrogen and oxygen atoms in total.